The second-order valence-electron chi connectivity index (χ2n) is 2.23. The number of hydrogen-bond donors (Lipinski definition) is 3. The van der Waals surface area contributed by atoms with Crippen molar-refractivity contribution in [1.29, 1.82) is 0 Å². The lowest BCUT2D eigenvalue weighted by Crippen LogP contribution is -2.11. The van der Waals surface area contributed by atoms with Crippen molar-refractivity contribution >= 4 is 11.4 Å². The van der Waals surface area contributed by atoms with E-state index in [2.05, 4.69) is 9.97 Å². The van der Waals surface area contributed by atoms with Crippen molar-refractivity contribution in [3.63, 3.8) is 0 Å². The van der Waals surface area contributed by atoms with Gasteiger partial charge in [0.2, 0.25) is 0 Å². The standard InChI is InChI=1S/C6H8N2O.H2O3S/c1-4-3-7-6(9)8-5(4)2;1-4(2)3/h3H,1-2H3,(H,7,8,9);(H2,1,2,3). The average Bonchev–Trinajstić information content (AvgIpc) is 1.96. The molecule has 3 N–H and O–H groups in total. The van der Waals surface area contributed by atoms with E-state index in [0.29, 0.717) is 0 Å². The van der Waals surface area contributed by atoms with Gasteiger partial charge in [0.05, 0.1) is 0 Å². The Morgan fingerprint density at radius 3 is 2.23 bits per heavy atom. The zero-order valence-corrected chi connectivity index (χ0v) is 7.96. The highest BCUT2D eigenvalue weighted by Gasteiger charge is 1.89. The second kappa shape index (κ2) is 5.57. The lowest BCUT2D eigenvalue weighted by atomic mass is 10.3. The molecule has 0 bridgehead atoms. The molecule has 0 saturated heterocycles. The third-order valence-corrected chi connectivity index (χ3v) is 1.26. The first-order valence-electron chi connectivity index (χ1n) is 3.26. The lowest BCUT2D eigenvalue weighted by Gasteiger charge is -1.93. The van der Waals surface area contributed by atoms with Gasteiger partial charge in [0.15, 0.2) is 0 Å². The highest BCUT2D eigenvalue weighted by atomic mass is 32.2. The molecule has 0 aromatic carbocycles. The predicted molar refractivity (Wildman–Crippen MR) is 47.7 cm³/mol. The summed E-state index contributed by atoms with van der Waals surface area (Å²) >= 11 is -2.61. The molecule has 1 heterocycles. The first-order chi connectivity index (χ1) is 5.93. The van der Waals surface area contributed by atoms with Gasteiger partial charge >= 0.3 is 5.69 Å². The van der Waals surface area contributed by atoms with Crippen LogP contribution in [0.5, 0.6) is 0 Å². The molecule has 1 aromatic rings. The van der Waals surface area contributed by atoms with Crippen molar-refractivity contribution in [2.24, 2.45) is 0 Å². The van der Waals surface area contributed by atoms with Crippen LogP contribution in [0.3, 0.4) is 0 Å². The maximum absolute atomic E-state index is 10.5. The van der Waals surface area contributed by atoms with Crippen LogP contribution in [-0.2, 0) is 11.4 Å². The van der Waals surface area contributed by atoms with Gasteiger partial charge in [-0.1, -0.05) is 0 Å². The molecule has 1 aromatic heterocycles. The quantitative estimate of drug-likeness (QED) is 0.521. The minimum atomic E-state index is -2.61. The molecule has 0 aliphatic carbocycles. The van der Waals surface area contributed by atoms with Crippen LogP contribution in [0.2, 0.25) is 0 Å². The van der Waals surface area contributed by atoms with Gasteiger partial charge in [-0.15, -0.1) is 0 Å². The Kier molecular flexibility index (Phi) is 5.12. The van der Waals surface area contributed by atoms with E-state index in [1.807, 2.05) is 13.8 Å². The largest absolute Gasteiger partial charge is 0.345 e. The van der Waals surface area contributed by atoms with Crippen LogP contribution in [0.1, 0.15) is 11.3 Å². The van der Waals surface area contributed by atoms with E-state index < -0.39 is 11.4 Å². The van der Waals surface area contributed by atoms with E-state index in [1.54, 1.807) is 6.20 Å². The zero-order valence-electron chi connectivity index (χ0n) is 7.14. The summed E-state index contributed by atoms with van der Waals surface area (Å²) in [6.07, 6.45) is 1.56. The summed E-state index contributed by atoms with van der Waals surface area (Å²) in [7, 11) is 0. The molecule has 0 unspecified atom stereocenters. The highest BCUT2D eigenvalue weighted by Crippen LogP contribution is 1.93. The number of aryl methyl sites for hydroxylation is 2. The fourth-order valence-corrected chi connectivity index (χ4v) is 0.544. The second-order valence-corrected chi connectivity index (χ2v) is 2.69. The number of rotatable bonds is 0. The molecule has 6 nitrogen and oxygen atoms in total. The maximum atomic E-state index is 10.5. The molecule has 13 heavy (non-hydrogen) atoms. The average molecular weight is 206 g/mol. The van der Waals surface area contributed by atoms with Crippen molar-refractivity contribution in [2.75, 3.05) is 0 Å². The minimum Gasteiger partial charge on any atom is -0.310 e. The maximum Gasteiger partial charge on any atom is 0.345 e. The molecule has 74 valence electrons. The van der Waals surface area contributed by atoms with Gasteiger partial charge in [-0.3, -0.25) is 9.11 Å². The molecule has 0 aliphatic heterocycles. The monoisotopic (exact) mass is 206 g/mol. The molecule has 7 heteroatoms. The smallest absolute Gasteiger partial charge is 0.310 e. The van der Waals surface area contributed by atoms with Gasteiger partial charge in [0.1, 0.15) is 0 Å². The summed E-state index contributed by atoms with van der Waals surface area (Å²) in [6, 6.07) is 0. The summed E-state index contributed by atoms with van der Waals surface area (Å²) in [5.74, 6) is 0. The summed E-state index contributed by atoms with van der Waals surface area (Å²) in [6.45, 7) is 3.75. The highest BCUT2D eigenvalue weighted by molar-refractivity contribution is 7.73. The molecule has 0 atom stereocenters. The molecule has 0 spiro atoms. The molecule has 0 fully saturated rings. The van der Waals surface area contributed by atoms with E-state index in [-0.39, 0.29) is 5.69 Å². The van der Waals surface area contributed by atoms with Crippen molar-refractivity contribution in [1.82, 2.24) is 9.97 Å². The predicted octanol–water partition coefficient (Wildman–Crippen LogP) is 0.0678. The fraction of sp³-hybridized carbons (Fsp3) is 0.333. The van der Waals surface area contributed by atoms with Gasteiger partial charge in [0.25, 0.3) is 11.4 Å². The van der Waals surface area contributed by atoms with Crippen LogP contribution in [0, 0.1) is 13.8 Å². The summed E-state index contributed by atoms with van der Waals surface area (Å²) in [4.78, 5) is 16.6. The summed E-state index contributed by atoms with van der Waals surface area (Å²) in [5.41, 5.74) is 1.61. The Balaban J connectivity index is 0.000000310. The van der Waals surface area contributed by atoms with Crippen LogP contribution in [0.25, 0.3) is 0 Å². The van der Waals surface area contributed by atoms with Crippen LogP contribution < -0.4 is 5.69 Å². The SMILES string of the molecule is Cc1cnc(=O)[nH]c1C.O=S(O)O. The zero-order chi connectivity index (χ0) is 10.4. The van der Waals surface area contributed by atoms with Crippen LogP contribution >= 0.6 is 0 Å². The van der Waals surface area contributed by atoms with Crippen molar-refractivity contribution in [2.45, 2.75) is 13.8 Å². The van der Waals surface area contributed by atoms with Gasteiger partial charge in [0, 0.05) is 11.9 Å². The minimum absolute atomic E-state index is 0.280. The fourth-order valence-electron chi connectivity index (χ4n) is 0.544. The lowest BCUT2D eigenvalue weighted by molar-refractivity contribution is 0.454. The third kappa shape index (κ3) is 6.14. The van der Waals surface area contributed by atoms with Gasteiger partial charge in [-0.25, -0.2) is 9.78 Å². The Morgan fingerprint density at radius 1 is 1.46 bits per heavy atom. The van der Waals surface area contributed by atoms with Gasteiger partial charge in [-0.2, -0.15) is 4.21 Å². The number of nitrogens with zero attached hydrogens (tertiary/aromatic N) is 1. The third-order valence-electron chi connectivity index (χ3n) is 1.26. The van der Waals surface area contributed by atoms with Crippen molar-refractivity contribution in [3.05, 3.63) is 27.9 Å². The Morgan fingerprint density at radius 2 is 1.92 bits per heavy atom. The van der Waals surface area contributed by atoms with Gasteiger partial charge < -0.3 is 4.98 Å². The summed E-state index contributed by atoms with van der Waals surface area (Å²) in [5, 5.41) is 0. The Bertz CT molecular complexity index is 345. The Hall–Kier alpha value is -1.05. The van der Waals surface area contributed by atoms with Crippen LogP contribution in [0.4, 0.5) is 0 Å². The first-order valence-corrected chi connectivity index (χ1v) is 4.32. The molecular formula is C6H10N2O4S. The normalized spacial score (nSPS) is 9.31. The molecule has 0 saturated carbocycles. The molecular weight excluding hydrogens is 196 g/mol. The molecule has 1 rings (SSSR count). The van der Waals surface area contributed by atoms with Crippen LogP contribution in [-0.4, -0.2) is 23.3 Å². The van der Waals surface area contributed by atoms with Crippen LogP contribution in [0.15, 0.2) is 11.0 Å². The number of aromatic amines is 1. The van der Waals surface area contributed by atoms with Crippen molar-refractivity contribution < 1.29 is 13.3 Å². The Labute approximate surface area is 77.1 Å². The number of H-pyrrole nitrogens is 1. The topological polar surface area (TPSA) is 103 Å². The molecule has 0 aliphatic rings. The molecule has 0 radical (unpaired) electrons. The summed E-state index contributed by atoms with van der Waals surface area (Å²) < 4.78 is 22.8. The van der Waals surface area contributed by atoms with E-state index in [9.17, 15) is 4.79 Å². The van der Waals surface area contributed by atoms with E-state index in [4.69, 9.17) is 13.3 Å². The first kappa shape index (κ1) is 11.9. The van der Waals surface area contributed by atoms with Crippen molar-refractivity contribution in [3.8, 4) is 0 Å². The van der Waals surface area contributed by atoms with E-state index in [0.717, 1.165) is 11.3 Å². The van der Waals surface area contributed by atoms with E-state index in [1.165, 1.54) is 0 Å². The van der Waals surface area contributed by atoms with Gasteiger partial charge in [-0.05, 0) is 19.4 Å². The van der Waals surface area contributed by atoms with E-state index >= 15 is 0 Å². The number of hydrogen-bond acceptors (Lipinski definition) is 3. The molecule has 0 amide bonds. The number of nitrogens with one attached hydrogen (secondary N) is 1. The number of aromatic nitrogens is 2.